The molecule has 30 heavy (non-hydrogen) atoms. The summed E-state index contributed by atoms with van der Waals surface area (Å²) in [6, 6.07) is 16.7. The average Bonchev–Trinajstić information content (AvgIpc) is 3.34. The summed E-state index contributed by atoms with van der Waals surface area (Å²) in [4.78, 5) is 28.3. The fraction of sp³-hybridized carbons (Fsp3) is 0.130. The Hall–Kier alpha value is -3.45. The lowest BCUT2D eigenvalue weighted by atomic mass is 10.1. The quantitative estimate of drug-likeness (QED) is 0.562. The molecule has 2 heterocycles. The fourth-order valence-corrected chi connectivity index (χ4v) is 4.01. The minimum Gasteiger partial charge on any atom is -0.492 e. The largest absolute Gasteiger partial charge is 0.492 e. The molecule has 2 aromatic carbocycles. The van der Waals surface area contributed by atoms with Crippen molar-refractivity contribution in [3.8, 4) is 5.75 Å². The molecule has 2 amide bonds. The zero-order valence-corrected chi connectivity index (χ0v) is 17.0. The number of carbonyl (C=O) groups excluding carboxylic acids is 2. The minimum absolute atomic E-state index is 0.0606. The Labute approximate surface area is 177 Å². The number of anilines is 1. The zero-order valence-electron chi connectivity index (χ0n) is 16.2. The van der Waals surface area contributed by atoms with Crippen LogP contribution in [-0.4, -0.2) is 23.3 Å². The van der Waals surface area contributed by atoms with Gasteiger partial charge in [-0.2, -0.15) is 0 Å². The molecule has 0 unspecified atom stereocenters. The fourth-order valence-electron chi connectivity index (χ4n) is 3.24. The molecule has 0 saturated carbocycles. The van der Waals surface area contributed by atoms with Crippen LogP contribution in [-0.2, 0) is 16.1 Å². The highest BCUT2D eigenvalue weighted by Crippen LogP contribution is 2.35. The maximum absolute atomic E-state index is 13.2. The molecule has 0 radical (unpaired) electrons. The van der Waals surface area contributed by atoms with Crippen molar-refractivity contribution >= 4 is 34.4 Å². The van der Waals surface area contributed by atoms with Crippen LogP contribution in [0.3, 0.4) is 0 Å². The van der Waals surface area contributed by atoms with E-state index in [1.54, 1.807) is 24.3 Å². The molecule has 1 aromatic heterocycles. The van der Waals surface area contributed by atoms with Gasteiger partial charge in [0.05, 0.1) is 24.4 Å². The molecule has 0 fully saturated rings. The topological polar surface area (TPSA) is 58.6 Å². The number of para-hydroxylation sites is 2. The predicted octanol–water partition coefficient (Wildman–Crippen LogP) is 4.68. The average molecular weight is 422 g/mol. The molecule has 1 N–H and O–H groups in total. The molecule has 5 nitrogen and oxygen atoms in total. The summed E-state index contributed by atoms with van der Waals surface area (Å²) in [5, 5.41) is 4.98. The van der Waals surface area contributed by atoms with Crippen LogP contribution in [0.25, 0.3) is 5.57 Å². The standard InChI is InChI=1S/C23H19FN2O3S/c1-2-29-18-7-4-3-6-17(18)25-21-20(19-8-5-13-30-19)22(27)26(23(21)28)14-15-9-11-16(24)12-10-15/h3-13,25H,2,14H2,1H3. The normalized spacial score (nSPS) is 13.9. The van der Waals surface area contributed by atoms with Crippen LogP contribution in [0.4, 0.5) is 10.1 Å². The number of benzene rings is 2. The molecule has 3 aromatic rings. The first-order valence-electron chi connectivity index (χ1n) is 9.46. The number of rotatable bonds is 7. The summed E-state index contributed by atoms with van der Waals surface area (Å²) >= 11 is 1.39. The van der Waals surface area contributed by atoms with Crippen molar-refractivity contribution in [1.82, 2.24) is 4.90 Å². The Kier molecular flexibility index (Phi) is 5.63. The van der Waals surface area contributed by atoms with Gasteiger partial charge in [-0.05, 0) is 48.2 Å². The van der Waals surface area contributed by atoms with E-state index in [9.17, 15) is 14.0 Å². The molecule has 0 aliphatic carbocycles. The van der Waals surface area contributed by atoms with E-state index in [1.165, 1.54) is 28.4 Å². The van der Waals surface area contributed by atoms with Gasteiger partial charge in [0.1, 0.15) is 17.3 Å². The molecule has 1 aliphatic rings. The summed E-state index contributed by atoms with van der Waals surface area (Å²) in [5.74, 6) is -0.595. The first kappa shape index (κ1) is 19.8. The van der Waals surface area contributed by atoms with Crippen LogP contribution in [0, 0.1) is 5.82 Å². The van der Waals surface area contributed by atoms with E-state index in [0.29, 0.717) is 34.1 Å². The second-order valence-corrected chi connectivity index (χ2v) is 7.55. The molecule has 0 atom stereocenters. The summed E-state index contributed by atoms with van der Waals surface area (Å²) < 4.78 is 18.9. The maximum Gasteiger partial charge on any atom is 0.278 e. The summed E-state index contributed by atoms with van der Waals surface area (Å²) in [6.07, 6.45) is 0. The molecular formula is C23H19FN2O3S. The highest BCUT2D eigenvalue weighted by atomic mass is 32.1. The van der Waals surface area contributed by atoms with Gasteiger partial charge < -0.3 is 10.1 Å². The number of nitrogens with zero attached hydrogens (tertiary/aromatic N) is 1. The first-order chi connectivity index (χ1) is 14.6. The van der Waals surface area contributed by atoms with Crippen LogP contribution in [0.5, 0.6) is 5.75 Å². The second kappa shape index (κ2) is 8.51. The molecule has 152 valence electrons. The number of halogens is 1. The minimum atomic E-state index is -0.431. The monoisotopic (exact) mass is 422 g/mol. The number of thiophene rings is 1. The lowest BCUT2D eigenvalue weighted by molar-refractivity contribution is -0.137. The van der Waals surface area contributed by atoms with Gasteiger partial charge in [0, 0.05) is 4.88 Å². The van der Waals surface area contributed by atoms with E-state index < -0.39 is 5.91 Å². The Morgan fingerprint density at radius 2 is 1.77 bits per heavy atom. The van der Waals surface area contributed by atoms with Crippen LogP contribution in [0.2, 0.25) is 0 Å². The van der Waals surface area contributed by atoms with Gasteiger partial charge in [0.2, 0.25) is 0 Å². The summed E-state index contributed by atoms with van der Waals surface area (Å²) in [7, 11) is 0. The van der Waals surface area contributed by atoms with Crippen LogP contribution in [0.1, 0.15) is 17.4 Å². The number of hydrogen-bond donors (Lipinski definition) is 1. The van der Waals surface area contributed by atoms with E-state index in [-0.39, 0.29) is 24.0 Å². The van der Waals surface area contributed by atoms with Crippen molar-refractivity contribution in [3.05, 3.63) is 88.0 Å². The van der Waals surface area contributed by atoms with E-state index in [2.05, 4.69) is 5.32 Å². The van der Waals surface area contributed by atoms with Gasteiger partial charge in [-0.15, -0.1) is 11.3 Å². The van der Waals surface area contributed by atoms with Crippen molar-refractivity contribution in [1.29, 1.82) is 0 Å². The SMILES string of the molecule is CCOc1ccccc1NC1=C(c2cccs2)C(=O)N(Cc2ccc(F)cc2)C1=O. The van der Waals surface area contributed by atoms with Gasteiger partial charge in [-0.25, -0.2) is 4.39 Å². The van der Waals surface area contributed by atoms with Crippen molar-refractivity contribution in [2.75, 3.05) is 11.9 Å². The molecule has 7 heteroatoms. The van der Waals surface area contributed by atoms with Gasteiger partial charge in [0.25, 0.3) is 11.8 Å². The van der Waals surface area contributed by atoms with Crippen molar-refractivity contribution in [2.45, 2.75) is 13.5 Å². The van der Waals surface area contributed by atoms with Crippen LogP contribution >= 0.6 is 11.3 Å². The van der Waals surface area contributed by atoms with E-state index >= 15 is 0 Å². The lowest BCUT2D eigenvalue weighted by Crippen LogP contribution is -2.32. The smallest absolute Gasteiger partial charge is 0.278 e. The summed E-state index contributed by atoms with van der Waals surface area (Å²) in [6.45, 7) is 2.41. The third kappa shape index (κ3) is 3.84. The number of ether oxygens (including phenoxy) is 1. The van der Waals surface area contributed by atoms with E-state index in [1.807, 2.05) is 36.6 Å². The first-order valence-corrected chi connectivity index (χ1v) is 10.3. The van der Waals surface area contributed by atoms with Crippen molar-refractivity contribution in [3.63, 3.8) is 0 Å². The Balaban J connectivity index is 1.71. The molecule has 0 saturated heterocycles. The van der Waals surface area contributed by atoms with Gasteiger partial charge >= 0.3 is 0 Å². The molecular weight excluding hydrogens is 403 g/mol. The summed E-state index contributed by atoms with van der Waals surface area (Å²) in [5.41, 5.74) is 1.80. The van der Waals surface area contributed by atoms with Gasteiger partial charge in [-0.3, -0.25) is 14.5 Å². The van der Waals surface area contributed by atoms with Crippen molar-refractivity contribution < 1.29 is 18.7 Å². The molecule has 4 rings (SSSR count). The Morgan fingerprint density at radius 1 is 1.00 bits per heavy atom. The van der Waals surface area contributed by atoms with Gasteiger partial charge in [0.15, 0.2) is 0 Å². The second-order valence-electron chi connectivity index (χ2n) is 6.60. The van der Waals surface area contributed by atoms with Gasteiger partial charge in [-0.1, -0.05) is 30.3 Å². The number of hydrogen-bond acceptors (Lipinski definition) is 5. The predicted molar refractivity (Wildman–Crippen MR) is 114 cm³/mol. The molecule has 0 bridgehead atoms. The lowest BCUT2D eigenvalue weighted by Gasteiger charge is -2.16. The zero-order chi connectivity index (χ0) is 21.1. The van der Waals surface area contributed by atoms with E-state index in [0.717, 1.165) is 0 Å². The van der Waals surface area contributed by atoms with Crippen LogP contribution in [0.15, 0.2) is 71.7 Å². The Morgan fingerprint density at radius 3 is 2.47 bits per heavy atom. The maximum atomic E-state index is 13.2. The number of nitrogens with one attached hydrogen (secondary N) is 1. The Bertz CT molecular complexity index is 1110. The number of amides is 2. The third-order valence-electron chi connectivity index (χ3n) is 4.64. The number of imide groups is 1. The van der Waals surface area contributed by atoms with Crippen LogP contribution < -0.4 is 10.1 Å². The molecule has 0 spiro atoms. The third-order valence-corrected chi connectivity index (χ3v) is 5.52. The highest BCUT2D eigenvalue weighted by molar-refractivity contribution is 7.11. The number of carbonyl (C=O) groups is 2. The van der Waals surface area contributed by atoms with Crippen molar-refractivity contribution in [2.24, 2.45) is 0 Å². The molecule has 1 aliphatic heterocycles. The van der Waals surface area contributed by atoms with E-state index in [4.69, 9.17) is 4.74 Å². The highest BCUT2D eigenvalue weighted by Gasteiger charge is 2.39.